The standard InChI is InChI=1S/C15H18O4/c1-4-15(16)19-13(7-10(2)3)11-5-6-12-14(8-11)18-9-17-12/h5-6,8,13H,2,4,7,9H2,1,3H3. The van der Waals surface area contributed by atoms with E-state index >= 15 is 0 Å². The van der Waals surface area contributed by atoms with Crippen LogP contribution in [0.2, 0.25) is 0 Å². The first-order chi connectivity index (χ1) is 9.10. The molecule has 4 heteroatoms. The highest BCUT2D eigenvalue weighted by atomic mass is 16.7. The third-order valence-corrected chi connectivity index (χ3v) is 2.86. The van der Waals surface area contributed by atoms with Crippen molar-refractivity contribution < 1.29 is 19.0 Å². The van der Waals surface area contributed by atoms with Crippen LogP contribution in [0.25, 0.3) is 0 Å². The van der Waals surface area contributed by atoms with E-state index in [1.807, 2.05) is 25.1 Å². The Kier molecular flexibility index (Phi) is 4.10. The lowest BCUT2D eigenvalue weighted by molar-refractivity contribution is -0.149. The van der Waals surface area contributed by atoms with Crippen molar-refractivity contribution in [3.8, 4) is 11.5 Å². The van der Waals surface area contributed by atoms with Crippen LogP contribution in [0.5, 0.6) is 11.5 Å². The predicted molar refractivity (Wildman–Crippen MR) is 71.1 cm³/mol. The number of benzene rings is 1. The average Bonchev–Trinajstić information content (AvgIpc) is 2.84. The van der Waals surface area contributed by atoms with Crippen molar-refractivity contribution in [2.75, 3.05) is 6.79 Å². The highest BCUT2D eigenvalue weighted by molar-refractivity contribution is 5.69. The van der Waals surface area contributed by atoms with Gasteiger partial charge >= 0.3 is 5.97 Å². The molecule has 0 amide bonds. The summed E-state index contributed by atoms with van der Waals surface area (Å²) in [5.74, 6) is 1.19. The third-order valence-electron chi connectivity index (χ3n) is 2.86. The van der Waals surface area contributed by atoms with Crippen LogP contribution in [-0.2, 0) is 9.53 Å². The van der Waals surface area contributed by atoms with Gasteiger partial charge in [0.25, 0.3) is 0 Å². The van der Waals surface area contributed by atoms with Crippen molar-refractivity contribution >= 4 is 5.97 Å². The van der Waals surface area contributed by atoms with Gasteiger partial charge in [-0.25, -0.2) is 0 Å². The van der Waals surface area contributed by atoms with E-state index in [1.165, 1.54) is 0 Å². The second kappa shape index (κ2) is 5.78. The Bertz CT molecular complexity index is 493. The van der Waals surface area contributed by atoms with Gasteiger partial charge in [-0.05, 0) is 24.6 Å². The number of carbonyl (C=O) groups excluding carboxylic acids is 1. The van der Waals surface area contributed by atoms with Crippen LogP contribution in [0.3, 0.4) is 0 Å². The molecule has 1 aromatic carbocycles. The zero-order chi connectivity index (χ0) is 13.8. The summed E-state index contributed by atoms with van der Waals surface area (Å²) in [6.45, 7) is 7.81. The van der Waals surface area contributed by atoms with Crippen LogP contribution in [0.15, 0.2) is 30.4 Å². The van der Waals surface area contributed by atoms with Gasteiger partial charge in [0.05, 0.1) is 0 Å². The van der Waals surface area contributed by atoms with Gasteiger partial charge in [0.2, 0.25) is 6.79 Å². The molecular formula is C15H18O4. The Balaban J connectivity index is 2.21. The lowest BCUT2D eigenvalue weighted by Gasteiger charge is -2.18. The maximum absolute atomic E-state index is 11.5. The maximum Gasteiger partial charge on any atom is 0.306 e. The fraction of sp³-hybridized carbons (Fsp3) is 0.400. The molecule has 1 aromatic rings. The first-order valence-electron chi connectivity index (χ1n) is 6.33. The molecule has 1 unspecified atom stereocenters. The van der Waals surface area contributed by atoms with E-state index in [0.717, 1.165) is 16.9 Å². The molecule has 0 aliphatic carbocycles. The van der Waals surface area contributed by atoms with Crippen molar-refractivity contribution in [3.63, 3.8) is 0 Å². The van der Waals surface area contributed by atoms with Gasteiger partial charge in [0.1, 0.15) is 6.10 Å². The smallest absolute Gasteiger partial charge is 0.306 e. The lowest BCUT2D eigenvalue weighted by atomic mass is 10.0. The third kappa shape index (κ3) is 3.28. The zero-order valence-electron chi connectivity index (χ0n) is 11.3. The van der Waals surface area contributed by atoms with Crippen molar-refractivity contribution in [1.29, 1.82) is 0 Å². The van der Waals surface area contributed by atoms with Gasteiger partial charge in [-0.15, -0.1) is 0 Å². The van der Waals surface area contributed by atoms with Gasteiger partial charge < -0.3 is 14.2 Å². The summed E-state index contributed by atoms with van der Waals surface area (Å²) in [5, 5.41) is 0. The second-order valence-corrected chi connectivity index (χ2v) is 4.61. The Morgan fingerprint density at radius 1 is 1.42 bits per heavy atom. The topological polar surface area (TPSA) is 44.8 Å². The van der Waals surface area contributed by atoms with E-state index in [-0.39, 0.29) is 18.9 Å². The van der Waals surface area contributed by atoms with Gasteiger partial charge in [-0.3, -0.25) is 4.79 Å². The first kappa shape index (κ1) is 13.5. The minimum Gasteiger partial charge on any atom is -0.457 e. The van der Waals surface area contributed by atoms with Crippen LogP contribution < -0.4 is 9.47 Å². The summed E-state index contributed by atoms with van der Waals surface area (Å²) >= 11 is 0. The molecule has 1 atom stereocenters. The molecule has 1 aliphatic heterocycles. The van der Waals surface area contributed by atoms with Crippen LogP contribution >= 0.6 is 0 Å². The Hall–Kier alpha value is -1.97. The van der Waals surface area contributed by atoms with E-state index in [9.17, 15) is 4.79 Å². The number of hydrogen-bond acceptors (Lipinski definition) is 4. The van der Waals surface area contributed by atoms with Crippen LogP contribution in [0.4, 0.5) is 0 Å². The number of hydrogen-bond donors (Lipinski definition) is 0. The molecule has 19 heavy (non-hydrogen) atoms. The molecule has 0 saturated carbocycles. The highest BCUT2D eigenvalue weighted by Crippen LogP contribution is 2.36. The second-order valence-electron chi connectivity index (χ2n) is 4.61. The number of rotatable bonds is 5. The monoisotopic (exact) mass is 262 g/mol. The van der Waals surface area contributed by atoms with E-state index in [2.05, 4.69) is 6.58 Å². The molecule has 0 fully saturated rings. The minimum absolute atomic E-state index is 0.219. The average molecular weight is 262 g/mol. The Morgan fingerprint density at radius 2 is 2.16 bits per heavy atom. The summed E-state index contributed by atoms with van der Waals surface area (Å²) in [7, 11) is 0. The molecule has 0 N–H and O–H groups in total. The quantitative estimate of drug-likeness (QED) is 0.603. The molecule has 1 aliphatic rings. The molecule has 1 heterocycles. The molecule has 0 aromatic heterocycles. The molecule has 0 saturated heterocycles. The summed E-state index contributed by atoms with van der Waals surface area (Å²) in [6.07, 6.45) is 0.641. The summed E-state index contributed by atoms with van der Waals surface area (Å²) < 4.78 is 16.1. The number of esters is 1. The number of fused-ring (bicyclic) bond motifs is 1. The first-order valence-corrected chi connectivity index (χ1v) is 6.33. The van der Waals surface area contributed by atoms with E-state index < -0.39 is 0 Å². The molecule has 0 bridgehead atoms. The molecule has 0 spiro atoms. The number of ether oxygens (including phenoxy) is 3. The number of carbonyl (C=O) groups is 1. The maximum atomic E-state index is 11.5. The Morgan fingerprint density at radius 3 is 2.84 bits per heavy atom. The van der Waals surface area contributed by atoms with Gasteiger partial charge in [-0.1, -0.05) is 25.1 Å². The van der Waals surface area contributed by atoms with Crippen LogP contribution in [-0.4, -0.2) is 12.8 Å². The van der Waals surface area contributed by atoms with Crippen molar-refractivity contribution in [2.24, 2.45) is 0 Å². The fourth-order valence-corrected chi connectivity index (χ4v) is 1.90. The molecule has 4 nitrogen and oxygen atoms in total. The van der Waals surface area contributed by atoms with Gasteiger partial charge in [0.15, 0.2) is 11.5 Å². The molecule has 102 valence electrons. The fourth-order valence-electron chi connectivity index (χ4n) is 1.90. The van der Waals surface area contributed by atoms with E-state index in [1.54, 1.807) is 6.92 Å². The molecule has 2 rings (SSSR count). The summed E-state index contributed by atoms with van der Waals surface area (Å²) in [6, 6.07) is 5.59. The van der Waals surface area contributed by atoms with Crippen LogP contribution in [0.1, 0.15) is 38.4 Å². The summed E-state index contributed by atoms with van der Waals surface area (Å²) in [5.41, 5.74) is 1.86. The Labute approximate surface area is 113 Å². The zero-order valence-corrected chi connectivity index (χ0v) is 11.3. The van der Waals surface area contributed by atoms with Gasteiger partial charge in [0, 0.05) is 12.8 Å². The molecule has 0 radical (unpaired) electrons. The highest BCUT2D eigenvalue weighted by Gasteiger charge is 2.20. The van der Waals surface area contributed by atoms with Crippen LogP contribution in [0, 0.1) is 0 Å². The minimum atomic E-state index is -0.320. The largest absolute Gasteiger partial charge is 0.457 e. The predicted octanol–water partition coefficient (Wildman–Crippen LogP) is 3.38. The van der Waals surface area contributed by atoms with E-state index in [0.29, 0.717) is 18.6 Å². The SMILES string of the molecule is C=C(C)CC(OC(=O)CC)c1ccc2c(c1)OCO2. The van der Waals surface area contributed by atoms with E-state index in [4.69, 9.17) is 14.2 Å². The van der Waals surface area contributed by atoms with Crippen molar-refractivity contribution in [1.82, 2.24) is 0 Å². The van der Waals surface area contributed by atoms with Crippen molar-refractivity contribution in [2.45, 2.75) is 32.8 Å². The van der Waals surface area contributed by atoms with Gasteiger partial charge in [-0.2, -0.15) is 0 Å². The summed E-state index contributed by atoms with van der Waals surface area (Å²) in [4.78, 5) is 11.5. The van der Waals surface area contributed by atoms with Crippen molar-refractivity contribution in [3.05, 3.63) is 35.9 Å². The molecular weight excluding hydrogens is 244 g/mol. The lowest BCUT2D eigenvalue weighted by Crippen LogP contribution is -2.11. The normalized spacial score (nSPS) is 14.0.